The van der Waals surface area contributed by atoms with Gasteiger partial charge in [-0.3, -0.25) is 9.48 Å². The fourth-order valence-corrected chi connectivity index (χ4v) is 2.49. The number of hydrogen-bond donors (Lipinski definition) is 1. The van der Waals surface area contributed by atoms with Gasteiger partial charge in [0, 0.05) is 19.3 Å². The van der Waals surface area contributed by atoms with Crippen LogP contribution in [0, 0.1) is 0 Å². The highest BCUT2D eigenvalue weighted by atomic mass is 16.5. The zero-order chi connectivity index (χ0) is 14.7. The Hall–Kier alpha value is -2.34. The van der Waals surface area contributed by atoms with Crippen LogP contribution in [0.3, 0.4) is 0 Å². The van der Waals surface area contributed by atoms with Crippen LogP contribution in [0.1, 0.15) is 11.6 Å². The maximum atomic E-state index is 11.9. The molecule has 2 aromatic rings. The van der Waals surface area contributed by atoms with E-state index >= 15 is 0 Å². The van der Waals surface area contributed by atoms with Gasteiger partial charge in [0.15, 0.2) is 0 Å². The molecule has 6 nitrogen and oxygen atoms in total. The summed E-state index contributed by atoms with van der Waals surface area (Å²) in [6.45, 7) is 1.91. The fraction of sp³-hybridized carbons (Fsp3) is 0.333. The van der Waals surface area contributed by atoms with Crippen molar-refractivity contribution in [2.24, 2.45) is 0 Å². The predicted molar refractivity (Wildman–Crippen MR) is 78.6 cm³/mol. The van der Waals surface area contributed by atoms with Crippen molar-refractivity contribution in [2.45, 2.75) is 6.04 Å². The van der Waals surface area contributed by atoms with Gasteiger partial charge in [0.25, 0.3) is 0 Å². The number of benzene rings is 1. The Morgan fingerprint density at radius 3 is 2.81 bits per heavy atom. The lowest BCUT2D eigenvalue weighted by atomic mass is 10.1. The molecule has 0 spiro atoms. The molecule has 1 amide bonds. The van der Waals surface area contributed by atoms with Crippen molar-refractivity contribution in [1.29, 1.82) is 0 Å². The molecule has 110 valence electrons. The van der Waals surface area contributed by atoms with Crippen LogP contribution in [0.15, 0.2) is 42.7 Å². The van der Waals surface area contributed by atoms with Crippen LogP contribution in [-0.4, -0.2) is 46.9 Å². The summed E-state index contributed by atoms with van der Waals surface area (Å²) in [5.41, 5.74) is 7.48. The van der Waals surface area contributed by atoms with Gasteiger partial charge in [-0.05, 0) is 5.56 Å². The average molecular weight is 286 g/mol. The van der Waals surface area contributed by atoms with Crippen LogP contribution < -0.4 is 5.73 Å². The summed E-state index contributed by atoms with van der Waals surface area (Å²) in [4.78, 5) is 13.8. The number of carbonyl (C=O) groups is 1. The predicted octanol–water partition coefficient (Wildman–Crippen LogP) is 0.913. The molecule has 21 heavy (non-hydrogen) atoms. The van der Waals surface area contributed by atoms with Crippen molar-refractivity contribution in [3.8, 4) is 0 Å². The third-order valence-electron chi connectivity index (χ3n) is 3.60. The molecule has 2 N–H and O–H groups in total. The molecule has 1 aromatic carbocycles. The Labute approximate surface area is 123 Å². The molecule has 0 aliphatic carbocycles. The monoisotopic (exact) mass is 286 g/mol. The first-order valence-electron chi connectivity index (χ1n) is 6.94. The van der Waals surface area contributed by atoms with Crippen LogP contribution in [0.4, 0.5) is 5.69 Å². The smallest absolute Gasteiger partial charge is 0.248 e. The molecule has 1 saturated heterocycles. The maximum absolute atomic E-state index is 11.9. The van der Waals surface area contributed by atoms with Crippen molar-refractivity contribution < 1.29 is 9.53 Å². The number of ether oxygens (including phenoxy) is 1. The summed E-state index contributed by atoms with van der Waals surface area (Å²) in [5.74, 6) is 0.0160. The fourth-order valence-electron chi connectivity index (χ4n) is 2.49. The van der Waals surface area contributed by atoms with Gasteiger partial charge in [-0.2, -0.15) is 5.10 Å². The minimum Gasteiger partial charge on any atom is -0.396 e. The molecule has 1 fully saturated rings. The summed E-state index contributed by atoms with van der Waals surface area (Å²) >= 11 is 0. The molecule has 1 aliphatic heterocycles. The Morgan fingerprint density at radius 2 is 2.14 bits per heavy atom. The molecule has 1 aromatic heterocycles. The van der Waals surface area contributed by atoms with Gasteiger partial charge in [0.1, 0.15) is 6.61 Å². The van der Waals surface area contributed by atoms with Gasteiger partial charge >= 0.3 is 0 Å². The number of hydrogen-bond acceptors (Lipinski definition) is 4. The molecule has 1 unspecified atom stereocenters. The second-order valence-electron chi connectivity index (χ2n) is 5.07. The zero-order valence-electron chi connectivity index (χ0n) is 11.7. The van der Waals surface area contributed by atoms with E-state index in [0.717, 1.165) is 5.56 Å². The van der Waals surface area contributed by atoms with Crippen LogP contribution >= 0.6 is 0 Å². The Morgan fingerprint density at radius 1 is 1.33 bits per heavy atom. The number of nitrogen functional groups attached to an aromatic ring is 1. The largest absolute Gasteiger partial charge is 0.396 e. The van der Waals surface area contributed by atoms with E-state index in [4.69, 9.17) is 10.5 Å². The van der Waals surface area contributed by atoms with E-state index < -0.39 is 0 Å². The van der Waals surface area contributed by atoms with Gasteiger partial charge < -0.3 is 15.4 Å². The second-order valence-corrected chi connectivity index (χ2v) is 5.07. The molecule has 3 rings (SSSR count). The lowest BCUT2D eigenvalue weighted by Crippen LogP contribution is -2.44. The highest BCUT2D eigenvalue weighted by Gasteiger charge is 2.24. The van der Waals surface area contributed by atoms with Crippen molar-refractivity contribution in [1.82, 2.24) is 14.7 Å². The standard InChI is InChI=1S/C15H18N4O2/c16-13-8-17-19(9-13)14(12-4-2-1-3-5-12)10-18-6-7-21-11-15(18)20/h1-5,8-9,14H,6-7,10-11,16H2. The molecular weight excluding hydrogens is 268 g/mol. The summed E-state index contributed by atoms with van der Waals surface area (Å²) in [5, 5.41) is 4.31. The topological polar surface area (TPSA) is 73.4 Å². The molecule has 0 bridgehead atoms. The first kappa shape index (κ1) is 13.6. The van der Waals surface area contributed by atoms with Crippen molar-refractivity contribution in [2.75, 3.05) is 32.0 Å². The summed E-state index contributed by atoms with van der Waals surface area (Å²) in [6, 6.07) is 9.96. The van der Waals surface area contributed by atoms with Gasteiger partial charge in [-0.25, -0.2) is 0 Å². The van der Waals surface area contributed by atoms with Gasteiger partial charge in [-0.15, -0.1) is 0 Å². The number of anilines is 1. The third-order valence-corrected chi connectivity index (χ3v) is 3.60. The highest BCUT2D eigenvalue weighted by molar-refractivity contribution is 5.78. The Kier molecular flexibility index (Phi) is 3.87. The number of amides is 1. The van der Waals surface area contributed by atoms with E-state index in [1.54, 1.807) is 12.4 Å². The maximum Gasteiger partial charge on any atom is 0.248 e. The molecule has 2 heterocycles. The van der Waals surface area contributed by atoms with Gasteiger partial charge in [0.2, 0.25) is 5.91 Å². The lowest BCUT2D eigenvalue weighted by Gasteiger charge is -2.31. The number of rotatable bonds is 4. The minimum atomic E-state index is -0.0504. The van der Waals surface area contributed by atoms with Crippen molar-refractivity contribution >= 4 is 11.6 Å². The molecule has 1 atom stereocenters. The first-order chi connectivity index (χ1) is 10.2. The molecule has 1 aliphatic rings. The Balaban J connectivity index is 1.87. The van der Waals surface area contributed by atoms with Crippen molar-refractivity contribution in [3.63, 3.8) is 0 Å². The molecule has 6 heteroatoms. The van der Waals surface area contributed by atoms with Crippen LogP contribution in [0.25, 0.3) is 0 Å². The van der Waals surface area contributed by atoms with E-state index in [2.05, 4.69) is 5.10 Å². The number of carbonyl (C=O) groups excluding carboxylic acids is 1. The van der Waals surface area contributed by atoms with Gasteiger partial charge in [-0.1, -0.05) is 30.3 Å². The van der Waals surface area contributed by atoms with Crippen LogP contribution in [0.5, 0.6) is 0 Å². The second kappa shape index (κ2) is 5.97. The van der Waals surface area contributed by atoms with Crippen LogP contribution in [-0.2, 0) is 9.53 Å². The summed E-state index contributed by atoms with van der Waals surface area (Å²) in [7, 11) is 0. The van der Waals surface area contributed by atoms with Gasteiger partial charge in [0.05, 0.1) is 24.5 Å². The minimum absolute atomic E-state index is 0.0160. The quantitative estimate of drug-likeness (QED) is 0.907. The van der Waals surface area contributed by atoms with E-state index in [9.17, 15) is 4.79 Å². The number of morpholine rings is 1. The number of aromatic nitrogens is 2. The van der Waals surface area contributed by atoms with Crippen LogP contribution in [0.2, 0.25) is 0 Å². The number of nitrogens with zero attached hydrogens (tertiary/aromatic N) is 3. The van der Waals surface area contributed by atoms with E-state index in [-0.39, 0.29) is 18.6 Å². The van der Waals surface area contributed by atoms with E-state index in [1.165, 1.54) is 0 Å². The molecule has 0 radical (unpaired) electrons. The Bertz CT molecular complexity index is 611. The van der Waals surface area contributed by atoms with E-state index in [0.29, 0.717) is 25.4 Å². The van der Waals surface area contributed by atoms with E-state index in [1.807, 2.05) is 39.9 Å². The third kappa shape index (κ3) is 3.05. The lowest BCUT2D eigenvalue weighted by molar-refractivity contribution is -0.143. The number of nitrogens with two attached hydrogens (primary N) is 1. The average Bonchev–Trinajstić information content (AvgIpc) is 2.93. The van der Waals surface area contributed by atoms with Crippen molar-refractivity contribution in [3.05, 3.63) is 48.3 Å². The molecule has 0 saturated carbocycles. The first-order valence-corrected chi connectivity index (χ1v) is 6.94. The zero-order valence-corrected chi connectivity index (χ0v) is 11.7. The summed E-state index contributed by atoms with van der Waals surface area (Å²) in [6.07, 6.45) is 3.42. The highest BCUT2D eigenvalue weighted by Crippen LogP contribution is 2.20. The SMILES string of the molecule is Nc1cnn(C(CN2CCOCC2=O)c2ccccc2)c1. The summed E-state index contributed by atoms with van der Waals surface area (Å²) < 4.78 is 6.99. The molecular formula is C15H18N4O2. The normalized spacial score (nSPS) is 17.0.